The lowest BCUT2D eigenvalue weighted by Gasteiger charge is -2.30. The van der Waals surface area contributed by atoms with E-state index in [1.54, 1.807) is 13.8 Å². The molecule has 0 spiro atoms. The predicted molar refractivity (Wildman–Crippen MR) is 109 cm³/mol. The lowest BCUT2D eigenvalue weighted by Crippen LogP contribution is -2.25. The van der Waals surface area contributed by atoms with E-state index in [9.17, 15) is 14.4 Å². The predicted octanol–water partition coefficient (Wildman–Crippen LogP) is 4.23. The summed E-state index contributed by atoms with van der Waals surface area (Å²) in [7, 11) is 0. The molecule has 0 amide bonds. The molecule has 0 unspecified atom stereocenters. The van der Waals surface area contributed by atoms with Crippen molar-refractivity contribution in [2.45, 2.75) is 78.1 Å². The second kappa shape index (κ2) is 9.65. The normalized spacial score (nSPS) is 40.2. The molecule has 28 heavy (non-hydrogen) atoms. The Balaban J connectivity index is 0.000000161. The molecule has 4 nitrogen and oxygen atoms in total. The highest BCUT2D eigenvalue weighted by molar-refractivity contribution is 5.76. The van der Waals surface area contributed by atoms with Crippen molar-refractivity contribution in [1.82, 2.24) is 0 Å². The zero-order valence-electron chi connectivity index (χ0n) is 17.6. The minimum absolute atomic E-state index is 0.290. The van der Waals surface area contributed by atoms with Crippen LogP contribution in [-0.4, -0.2) is 29.6 Å². The molecule has 0 saturated heterocycles. The molecule has 0 aromatic rings. The van der Waals surface area contributed by atoms with Gasteiger partial charge in [0.05, 0.1) is 0 Å². The molecule has 0 aliphatic heterocycles. The van der Waals surface area contributed by atoms with Crippen LogP contribution in [0.3, 0.4) is 0 Å². The van der Waals surface area contributed by atoms with Crippen LogP contribution in [0.5, 0.6) is 0 Å². The number of ketones is 2. The van der Waals surface area contributed by atoms with Crippen molar-refractivity contribution in [3.05, 3.63) is 0 Å². The SMILES string of the molecule is CC(=O)C[C@@H]1[C@@H]2CC[C@@H](C2)[C@@H]1CC=O.CC(=O)C[C@@H]1[C@@H]2CC[C@@H](C2)[C@@H]1CCO. The lowest BCUT2D eigenvalue weighted by atomic mass is 9.75. The van der Waals surface area contributed by atoms with Crippen LogP contribution in [0.15, 0.2) is 0 Å². The number of carbonyl (C=O) groups excluding carboxylic acids is 3. The van der Waals surface area contributed by atoms with Crippen molar-refractivity contribution in [3.63, 3.8) is 0 Å². The minimum Gasteiger partial charge on any atom is -0.396 e. The van der Waals surface area contributed by atoms with Gasteiger partial charge in [-0.15, -0.1) is 0 Å². The molecular formula is C24H38O4. The van der Waals surface area contributed by atoms with E-state index in [-0.39, 0.29) is 0 Å². The fraction of sp³-hybridized carbons (Fsp3) is 0.875. The van der Waals surface area contributed by atoms with Crippen LogP contribution >= 0.6 is 0 Å². The summed E-state index contributed by atoms with van der Waals surface area (Å²) in [5.41, 5.74) is 0. The fourth-order valence-corrected chi connectivity index (χ4v) is 7.44. The van der Waals surface area contributed by atoms with Crippen LogP contribution in [0.1, 0.15) is 78.1 Å². The van der Waals surface area contributed by atoms with Gasteiger partial charge >= 0.3 is 0 Å². The van der Waals surface area contributed by atoms with E-state index >= 15 is 0 Å². The number of aliphatic hydroxyl groups is 1. The molecule has 4 rings (SSSR count). The van der Waals surface area contributed by atoms with Crippen LogP contribution in [0, 0.1) is 47.3 Å². The molecule has 8 atom stereocenters. The average molecular weight is 391 g/mol. The molecule has 0 heterocycles. The maximum Gasteiger partial charge on any atom is 0.130 e. The Morgan fingerprint density at radius 1 is 0.786 bits per heavy atom. The number of fused-ring (bicyclic) bond motifs is 4. The zero-order valence-corrected chi connectivity index (χ0v) is 17.6. The summed E-state index contributed by atoms with van der Waals surface area (Å²) in [5.74, 6) is 6.00. The molecule has 158 valence electrons. The third-order valence-electron chi connectivity index (χ3n) is 8.43. The van der Waals surface area contributed by atoms with Crippen LogP contribution in [0.2, 0.25) is 0 Å². The van der Waals surface area contributed by atoms with E-state index in [1.807, 2.05) is 0 Å². The highest BCUT2D eigenvalue weighted by atomic mass is 16.3. The molecule has 0 radical (unpaired) electrons. The lowest BCUT2D eigenvalue weighted by molar-refractivity contribution is -0.119. The summed E-state index contributed by atoms with van der Waals surface area (Å²) in [4.78, 5) is 32.9. The van der Waals surface area contributed by atoms with Crippen LogP contribution in [0.4, 0.5) is 0 Å². The van der Waals surface area contributed by atoms with E-state index in [0.717, 1.165) is 42.8 Å². The first kappa shape index (κ1) is 21.7. The number of rotatable bonds is 8. The van der Waals surface area contributed by atoms with Gasteiger partial charge in [0.15, 0.2) is 0 Å². The largest absolute Gasteiger partial charge is 0.396 e. The van der Waals surface area contributed by atoms with Gasteiger partial charge in [0.25, 0.3) is 0 Å². The van der Waals surface area contributed by atoms with Gasteiger partial charge < -0.3 is 19.5 Å². The first-order chi connectivity index (χ1) is 13.4. The van der Waals surface area contributed by atoms with Gasteiger partial charge in [-0.2, -0.15) is 0 Å². The van der Waals surface area contributed by atoms with Gasteiger partial charge in [0, 0.05) is 25.9 Å². The summed E-state index contributed by atoms with van der Waals surface area (Å²) in [5, 5.41) is 9.02. The van der Waals surface area contributed by atoms with E-state index in [1.165, 1.54) is 38.5 Å². The topological polar surface area (TPSA) is 71.4 Å². The molecule has 4 heteroatoms. The van der Waals surface area contributed by atoms with Crippen molar-refractivity contribution in [1.29, 1.82) is 0 Å². The Hall–Kier alpha value is -1.03. The smallest absolute Gasteiger partial charge is 0.130 e. The van der Waals surface area contributed by atoms with Crippen molar-refractivity contribution in [3.8, 4) is 0 Å². The molecule has 4 saturated carbocycles. The Morgan fingerprint density at radius 3 is 1.64 bits per heavy atom. The Morgan fingerprint density at radius 2 is 1.21 bits per heavy atom. The first-order valence-electron chi connectivity index (χ1n) is 11.5. The van der Waals surface area contributed by atoms with Gasteiger partial charge in [-0.1, -0.05) is 0 Å². The van der Waals surface area contributed by atoms with Crippen molar-refractivity contribution in [2.75, 3.05) is 6.61 Å². The summed E-state index contributed by atoms with van der Waals surface area (Å²) in [6.45, 7) is 3.66. The maximum absolute atomic E-state index is 11.2. The van der Waals surface area contributed by atoms with Crippen LogP contribution in [0.25, 0.3) is 0 Å². The van der Waals surface area contributed by atoms with Gasteiger partial charge in [-0.3, -0.25) is 0 Å². The second-order valence-electron chi connectivity index (χ2n) is 10.0. The molecule has 1 N–H and O–H groups in total. The number of hydrogen-bond donors (Lipinski definition) is 1. The van der Waals surface area contributed by atoms with E-state index in [0.29, 0.717) is 54.7 Å². The third-order valence-corrected chi connectivity index (χ3v) is 8.43. The fourth-order valence-electron chi connectivity index (χ4n) is 7.44. The average Bonchev–Trinajstić information content (AvgIpc) is 3.39. The maximum atomic E-state index is 11.2. The number of carbonyl (C=O) groups is 3. The van der Waals surface area contributed by atoms with E-state index in [2.05, 4.69) is 0 Å². The molecule has 4 bridgehead atoms. The molecule has 4 fully saturated rings. The highest BCUT2D eigenvalue weighted by Crippen LogP contribution is 2.55. The molecule has 4 aliphatic carbocycles. The summed E-state index contributed by atoms with van der Waals surface area (Å²) >= 11 is 0. The zero-order chi connectivity index (χ0) is 20.3. The summed E-state index contributed by atoms with van der Waals surface area (Å²) < 4.78 is 0. The third kappa shape index (κ3) is 4.75. The number of aldehydes is 1. The minimum atomic E-state index is 0.290. The Labute approximate surface area is 169 Å². The van der Waals surface area contributed by atoms with Crippen molar-refractivity contribution >= 4 is 17.9 Å². The monoisotopic (exact) mass is 390 g/mol. The molecule has 0 aromatic carbocycles. The van der Waals surface area contributed by atoms with Gasteiger partial charge in [-0.25, -0.2) is 0 Å². The quantitative estimate of drug-likeness (QED) is 0.630. The Bertz CT molecular complexity index is 571. The van der Waals surface area contributed by atoms with Gasteiger partial charge in [0.1, 0.15) is 17.9 Å². The summed E-state index contributed by atoms with van der Waals surface area (Å²) in [6.07, 6.45) is 11.9. The van der Waals surface area contributed by atoms with Crippen molar-refractivity contribution < 1.29 is 19.5 Å². The standard InChI is InChI=1S/C12H20O2.C12H18O2/c2*1-8(14)6-12-10-3-2-9(7-10)11(12)4-5-13/h9-13H,2-7H2,1H3;5,9-12H,2-4,6-7H2,1H3/t2*9-,10+,11-,12+/m00/s1. The summed E-state index contributed by atoms with van der Waals surface area (Å²) in [6, 6.07) is 0. The molecule has 0 aromatic heterocycles. The highest BCUT2D eigenvalue weighted by Gasteiger charge is 2.47. The number of aliphatic hydroxyl groups excluding tert-OH is 1. The van der Waals surface area contributed by atoms with Crippen LogP contribution < -0.4 is 0 Å². The number of hydrogen-bond acceptors (Lipinski definition) is 4. The molecule has 4 aliphatic rings. The number of Topliss-reactive ketones (excluding diaryl/α,β-unsaturated/α-hetero) is 2. The van der Waals surface area contributed by atoms with E-state index in [4.69, 9.17) is 5.11 Å². The van der Waals surface area contributed by atoms with Crippen molar-refractivity contribution in [2.24, 2.45) is 47.3 Å². The van der Waals surface area contributed by atoms with Gasteiger partial charge in [-0.05, 0) is 106 Å². The van der Waals surface area contributed by atoms with Crippen LogP contribution in [-0.2, 0) is 14.4 Å². The Kier molecular flexibility index (Phi) is 7.47. The van der Waals surface area contributed by atoms with E-state index < -0.39 is 0 Å². The molecular weight excluding hydrogens is 352 g/mol. The second-order valence-corrected chi connectivity index (χ2v) is 10.0. The van der Waals surface area contributed by atoms with Gasteiger partial charge in [0.2, 0.25) is 0 Å². The first-order valence-corrected chi connectivity index (χ1v) is 11.5.